The van der Waals surface area contributed by atoms with Crippen molar-refractivity contribution in [3.8, 4) is 55.6 Å². The van der Waals surface area contributed by atoms with Crippen molar-refractivity contribution in [2.24, 2.45) is 0 Å². The molecule has 1 aliphatic carbocycles. The van der Waals surface area contributed by atoms with E-state index in [9.17, 15) is 0 Å². The van der Waals surface area contributed by atoms with Crippen molar-refractivity contribution < 1.29 is 0 Å². The average Bonchev–Trinajstić information content (AvgIpc) is 3.58. The molecule has 0 N–H and O–H groups in total. The fourth-order valence-corrected chi connectivity index (χ4v) is 8.89. The van der Waals surface area contributed by atoms with Gasteiger partial charge in [0, 0.05) is 28.6 Å². The second-order valence-corrected chi connectivity index (χ2v) is 14.3. The Morgan fingerprint density at radius 1 is 0.327 bits per heavy atom. The van der Waals surface area contributed by atoms with Gasteiger partial charge in [-0.3, -0.25) is 4.98 Å². The first-order valence-electron chi connectivity index (χ1n) is 18.9. The molecule has 0 saturated heterocycles. The number of hydrogen-bond acceptors (Lipinski definition) is 2. The van der Waals surface area contributed by atoms with Crippen molar-refractivity contribution in [2.45, 2.75) is 0 Å². The van der Waals surface area contributed by atoms with E-state index in [4.69, 9.17) is 4.98 Å². The van der Waals surface area contributed by atoms with Crippen LogP contribution in [0, 0.1) is 0 Å². The number of benzene rings is 9. The molecule has 256 valence electrons. The van der Waals surface area contributed by atoms with Crippen molar-refractivity contribution in [2.75, 3.05) is 4.90 Å². The van der Waals surface area contributed by atoms with Gasteiger partial charge in [0.05, 0.1) is 5.52 Å². The van der Waals surface area contributed by atoms with Gasteiger partial charge in [-0.25, -0.2) is 0 Å². The summed E-state index contributed by atoms with van der Waals surface area (Å²) in [5.74, 6) is 0. The zero-order valence-corrected chi connectivity index (χ0v) is 30.0. The highest BCUT2D eigenvalue weighted by Crippen LogP contribution is 2.58. The molecule has 1 aliphatic rings. The molecule has 1 heterocycles. The standard InChI is InChI=1S/C53H34N2/c1-4-15-36(16-5-1)49-44-24-10-11-25-45(44)50(37-17-6-2-7-18-37)53-47-31-30-42(43-26-13-27-46(51(43)47)52(49)53)38-19-12-23-40(33-38)55(39-21-8-3-9-22-39)41-29-28-35-20-14-32-54-48(35)34-41/h1-34H. The normalized spacial score (nSPS) is 11.6. The van der Waals surface area contributed by atoms with E-state index in [-0.39, 0.29) is 0 Å². The smallest absolute Gasteiger partial charge is 0.0722 e. The van der Waals surface area contributed by atoms with Crippen LogP contribution in [-0.2, 0) is 0 Å². The summed E-state index contributed by atoms with van der Waals surface area (Å²) in [6.45, 7) is 0. The fraction of sp³-hybridized carbons (Fsp3) is 0. The molecule has 11 rings (SSSR count). The summed E-state index contributed by atoms with van der Waals surface area (Å²) in [6.07, 6.45) is 1.86. The lowest BCUT2D eigenvalue weighted by atomic mass is 9.82. The van der Waals surface area contributed by atoms with Crippen LogP contribution in [0.3, 0.4) is 0 Å². The third kappa shape index (κ3) is 5.00. The quantitative estimate of drug-likeness (QED) is 0.172. The maximum absolute atomic E-state index is 4.69. The molecule has 0 aliphatic heterocycles. The predicted octanol–water partition coefficient (Wildman–Crippen LogP) is 14.7. The molecule has 0 bridgehead atoms. The third-order valence-corrected chi connectivity index (χ3v) is 11.2. The summed E-state index contributed by atoms with van der Waals surface area (Å²) in [5, 5.41) is 6.24. The molecule has 9 aromatic carbocycles. The number of para-hydroxylation sites is 1. The zero-order valence-electron chi connectivity index (χ0n) is 30.0. The molecule has 0 fully saturated rings. The van der Waals surface area contributed by atoms with E-state index >= 15 is 0 Å². The number of hydrogen-bond donors (Lipinski definition) is 0. The van der Waals surface area contributed by atoms with Gasteiger partial charge in [0.25, 0.3) is 0 Å². The minimum absolute atomic E-state index is 0.974. The number of pyridine rings is 1. The molecule has 2 heteroatoms. The second kappa shape index (κ2) is 12.7. The Labute approximate surface area is 320 Å². The van der Waals surface area contributed by atoms with Crippen molar-refractivity contribution in [1.29, 1.82) is 0 Å². The van der Waals surface area contributed by atoms with E-state index in [2.05, 4.69) is 199 Å². The van der Waals surface area contributed by atoms with Crippen LogP contribution < -0.4 is 4.90 Å². The Hall–Kier alpha value is -7.29. The highest BCUT2D eigenvalue weighted by atomic mass is 15.1. The van der Waals surface area contributed by atoms with Gasteiger partial charge in [0.1, 0.15) is 0 Å². The zero-order chi connectivity index (χ0) is 36.3. The van der Waals surface area contributed by atoms with Crippen molar-refractivity contribution in [3.63, 3.8) is 0 Å². The second-order valence-electron chi connectivity index (χ2n) is 14.3. The minimum atomic E-state index is 0.974. The molecule has 2 nitrogen and oxygen atoms in total. The average molecular weight is 699 g/mol. The lowest BCUT2D eigenvalue weighted by Gasteiger charge is -2.26. The van der Waals surface area contributed by atoms with Crippen LogP contribution in [-0.4, -0.2) is 4.98 Å². The highest BCUT2D eigenvalue weighted by molar-refractivity contribution is 6.28. The summed E-state index contributed by atoms with van der Waals surface area (Å²) in [6, 6.07) is 72.7. The molecule has 1 aromatic heterocycles. The Bertz CT molecular complexity index is 2990. The maximum Gasteiger partial charge on any atom is 0.0722 e. The summed E-state index contributed by atoms with van der Waals surface area (Å²) in [4.78, 5) is 7.02. The highest BCUT2D eigenvalue weighted by Gasteiger charge is 2.31. The molecule has 0 atom stereocenters. The molecule has 0 saturated carbocycles. The fourth-order valence-electron chi connectivity index (χ4n) is 8.89. The number of anilines is 3. The first kappa shape index (κ1) is 31.3. The van der Waals surface area contributed by atoms with E-state index in [1.54, 1.807) is 0 Å². The van der Waals surface area contributed by atoms with Gasteiger partial charge in [0.2, 0.25) is 0 Å². The third-order valence-electron chi connectivity index (χ3n) is 11.2. The monoisotopic (exact) mass is 698 g/mol. The van der Waals surface area contributed by atoms with Gasteiger partial charge in [-0.05, 0) is 120 Å². The van der Waals surface area contributed by atoms with Crippen LogP contribution in [0.25, 0.3) is 88.1 Å². The Kier molecular flexibility index (Phi) is 7.21. The van der Waals surface area contributed by atoms with Crippen molar-refractivity contribution in [3.05, 3.63) is 206 Å². The lowest BCUT2D eigenvalue weighted by molar-refractivity contribution is 1.28. The van der Waals surface area contributed by atoms with Crippen LogP contribution in [0.5, 0.6) is 0 Å². The van der Waals surface area contributed by atoms with Gasteiger partial charge in [-0.15, -0.1) is 0 Å². The van der Waals surface area contributed by atoms with Gasteiger partial charge in [-0.2, -0.15) is 0 Å². The molecule has 0 spiro atoms. The van der Waals surface area contributed by atoms with Crippen molar-refractivity contribution >= 4 is 49.5 Å². The van der Waals surface area contributed by atoms with Crippen LogP contribution in [0.1, 0.15) is 0 Å². The summed E-state index contributed by atoms with van der Waals surface area (Å²) < 4.78 is 0. The lowest BCUT2D eigenvalue weighted by Crippen LogP contribution is -2.10. The van der Waals surface area contributed by atoms with Crippen LogP contribution >= 0.6 is 0 Å². The molecular formula is C53H34N2. The Morgan fingerprint density at radius 2 is 0.873 bits per heavy atom. The summed E-state index contributed by atoms with van der Waals surface area (Å²) in [7, 11) is 0. The van der Waals surface area contributed by atoms with Crippen LogP contribution in [0.4, 0.5) is 17.1 Å². The number of nitrogens with zero attached hydrogens (tertiary/aromatic N) is 2. The van der Waals surface area contributed by atoms with Crippen molar-refractivity contribution in [1.82, 2.24) is 4.98 Å². The molecule has 10 aromatic rings. The van der Waals surface area contributed by atoms with Gasteiger partial charge in [0.15, 0.2) is 0 Å². The summed E-state index contributed by atoms with van der Waals surface area (Å²) >= 11 is 0. The van der Waals surface area contributed by atoms with Gasteiger partial charge in [-0.1, -0.05) is 158 Å². The Balaban J connectivity index is 1.15. The Morgan fingerprint density at radius 3 is 1.58 bits per heavy atom. The first-order chi connectivity index (χ1) is 27.3. The SMILES string of the molecule is c1ccc(-c2c3c(c(-c4ccccc4)c4ccccc24)-c2ccc(-c4cccc(N(c5ccccc5)c5ccc6cccnc6c5)c4)c4cccc-3c24)cc1. The van der Waals surface area contributed by atoms with E-state index in [1.807, 2.05) is 12.3 Å². The predicted molar refractivity (Wildman–Crippen MR) is 232 cm³/mol. The molecule has 0 unspecified atom stereocenters. The van der Waals surface area contributed by atoms with Crippen LogP contribution in [0.15, 0.2) is 206 Å². The molecule has 55 heavy (non-hydrogen) atoms. The topological polar surface area (TPSA) is 16.1 Å². The molecular weight excluding hydrogens is 665 g/mol. The molecule has 0 amide bonds. The van der Waals surface area contributed by atoms with E-state index in [0.717, 1.165) is 28.0 Å². The first-order valence-corrected chi connectivity index (χ1v) is 18.9. The van der Waals surface area contributed by atoms with E-state index < -0.39 is 0 Å². The van der Waals surface area contributed by atoms with Gasteiger partial charge < -0.3 is 4.90 Å². The number of rotatable bonds is 6. The minimum Gasteiger partial charge on any atom is -0.310 e. The van der Waals surface area contributed by atoms with E-state index in [0.29, 0.717) is 0 Å². The largest absolute Gasteiger partial charge is 0.310 e. The molecule has 0 radical (unpaired) electrons. The number of fused-ring (bicyclic) bond motifs is 5. The number of aromatic nitrogens is 1. The van der Waals surface area contributed by atoms with E-state index in [1.165, 1.54) is 77.2 Å². The van der Waals surface area contributed by atoms with Crippen LogP contribution in [0.2, 0.25) is 0 Å². The maximum atomic E-state index is 4.69. The summed E-state index contributed by atoms with van der Waals surface area (Å²) in [5.41, 5.74) is 16.9. The van der Waals surface area contributed by atoms with Gasteiger partial charge >= 0.3 is 0 Å².